The molecule has 2 N–H and O–H groups in total. The number of morpholine rings is 1. The van der Waals surface area contributed by atoms with Gasteiger partial charge in [-0.25, -0.2) is 9.78 Å². The Morgan fingerprint density at radius 1 is 1.38 bits per heavy atom. The van der Waals surface area contributed by atoms with Crippen LogP contribution in [0.5, 0.6) is 0 Å². The van der Waals surface area contributed by atoms with Crippen molar-refractivity contribution in [3.63, 3.8) is 0 Å². The largest absolute Gasteiger partial charge is 0.396 e. The Morgan fingerprint density at radius 3 is 2.92 bits per heavy atom. The lowest BCUT2D eigenvalue weighted by atomic mass is 10.1. The summed E-state index contributed by atoms with van der Waals surface area (Å²) in [5, 5.41) is 9.27. The molecule has 0 radical (unpaired) electrons. The summed E-state index contributed by atoms with van der Waals surface area (Å²) in [5.74, 6) is 0.728. The van der Waals surface area contributed by atoms with Crippen molar-refractivity contribution in [2.45, 2.75) is 45.3 Å². The highest BCUT2D eigenvalue weighted by molar-refractivity contribution is 5.70. The number of imidazole rings is 1. The zero-order valence-corrected chi connectivity index (χ0v) is 15.4. The van der Waals surface area contributed by atoms with E-state index in [1.165, 1.54) is 0 Å². The number of H-pyrrole nitrogens is 1. The van der Waals surface area contributed by atoms with E-state index >= 15 is 0 Å². The molecule has 2 aromatic rings. The standard InChI is InChI=1S/C17H27N5O4/c1-3-4-6-22-15-14(16(24)19-17(22)25)20(2)13(18-15)10-21-7-9-26-11-12(21)5-8-23/h12,23H,3-11H2,1-2H3,(H,19,24,25). The predicted octanol–water partition coefficient (Wildman–Crippen LogP) is -0.193. The van der Waals surface area contributed by atoms with Gasteiger partial charge in [0, 0.05) is 32.8 Å². The first-order valence-corrected chi connectivity index (χ1v) is 9.17. The number of rotatable bonds is 7. The maximum atomic E-state index is 12.3. The van der Waals surface area contributed by atoms with Crippen molar-refractivity contribution in [3.8, 4) is 0 Å². The first-order chi connectivity index (χ1) is 12.6. The third kappa shape index (κ3) is 3.60. The number of hydrogen-bond acceptors (Lipinski definition) is 6. The van der Waals surface area contributed by atoms with E-state index in [1.807, 2.05) is 0 Å². The van der Waals surface area contributed by atoms with Crippen LogP contribution in [0.1, 0.15) is 32.0 Å². The summed E-state index contributed by atoms with van der Waals surface area (Å²) in [5.41, 5.74) is 0.0392. The Morgan fingerprint density at radius 2 is 2.19 bits per heavy atom. The summed E-state index contributed by atoms with van der Waals surface area (Å²) >= 11 is 0. The van der Waals surface area contributed by atoms with Crippen LogP contribution < -0.4 is 11.2 Å². The molecule has 3 heterocycles. The van der Waals surface area contributed by atoms with Gasteiger partial charge in [-0.2, -0.15) is 0 Å². The topological polar surface area (TPSA) is 105 Å². The molecule has 0 spiro atoms. The van der Waals surface area contributed by atoms with Crippen molar-refractivity contribution < 1.29 is 9.84 Å². The third-order valence-electron chi connectivity index (χ3n) is 5.00. The summed E-state index contributed by atoms with van der Waals surface area (Å²) in [6, 6.07) is 0.120. The van der Waals surface area contributed by atoms with Crippen molar-refractivity contribution in [1.82, 2.24) is 24.0 Å². The molecule has 2 aromatic heterocycles. The Bertz CT molecular complexity index is 866. The first kappa shape index (κ1) is 18.8. The van der Waals surface area contributed by atoms with Crippen molar-refractivity contribution in [2.24, 2.45) is 7.05 Å². The summed E-state index contributed by atoms with van der Waals surface area (Å²) in [7, 11) is 1.80. The van der Waals surface area contributed by atoms with Gasteiger partial charge in [-0.1, -0.05) is 13.3 Å². The van der Waals surface area contributed by atoms with Crippen LogP contribution in [0.2, 0.25) is 0 Å². The molecule has 1 saturated heterocycles. The fourth-order valence-electron chi connectivity index (χ4n) is 3.45. The number of aromatic nitrogens is 4. The zero-order valence-electron chi connectivity index (χ0n) is 15.4. The smallest absolute Gasteiger partial charge is 0.330 e. The van der Waals surface area contributed by atoms with Gasteiger partial charge >= 0.3 is 5.69 Å². The van der Waals surface area contributed by atoms with E-state index < -0.39 is 11.2 Å². The van der Waals surface area contributed by atoms with Gasteiger partial charge in [-0.15, -0.1) is 0 Å². The molecule has 144 valence electrons. The molecule has 1 aliphatic heterocycles. The number of aliphatic hydroxyl groups excluding tert-OH is 1. The summed E-state index contributed by atoms with van der Waals surface area (Å²) < 4.78 is 8.82. The minimum absolute atomic E-state index is 0.100. The van der Waals surface area contributed by atoms with Crippen molar-refractivity contribution in [2.75, 3.05) is 26.4 Å². The van der Waals surface area contributed by atoms with Gasteiger partial charge in [0.15, 0.2) is 11.2 Å². The number of aryl methyl sites for hydroxylation is 2. The molecule has 1 unspecified atom stereocenters. The highest BCUT2D eigenvalue weighted by atomic mass is 16.5. The molecule has 0 bridgehead atoms. The van der Waals surface area contributed by atoms with E-state index in [0.717, 1.165) is 25.2 Å². The van der Waals surface area contributed by atoms with Crippen molar-refractivity contribution in [3.05, 3.63) is 26.7 Å². The second-order valence-corrected chi connectivity index (χ2v) is 6.74. The third-order valence-corrected chi connectivity index (χ3v) is 5.00. The molecule has 1 atom stereocenters. The summed E-state index contributed by atoms with van der Waals surface area (Å²) in [4.78, 5) is 33.8. The molecule has 9 nitrogen and oxygen atoms in total. The average Bonchev–Trinajstić information content (AvgIpc) is 2.93. The molecule has 9 heteroatoms. The van der Waals surface area contributed by atoms with Gasteiger partial charge in [0.25, 0.3) is 5.56 Å². The van der Waals surface area contributed by atoms with Gasteiger partial charge in [-0.05, 0) is 12.8 Å². The van der Waals surface area contributed by atoms with E-state index in [4.69, 9.17) is 4.74 Å². The number of nitrogens with one attached hydrogen (secondary N) is 1. The van der Waals surface area contributed by atoms with Crippen LogP contribution in [0.3, 0.4) is 0 Å². The van der Waals surface area contributed by atoms with Crippen LogP contribution in [-0.4, -0.2) is 61.5 Å². The molecular weight excluding hydrogens is 338 g/mol. The van der Waals surface area contributed by atoms with Crippen LogP contribution in [0.25, 0.3) is 11.2 Å². The Balaban J connectivity index is 1.99. The number of unbranched alkanes of at least 4 members (excludes halogenated alkanes) is 1. The molecule has 1 aliphatic rings. The molecule has 1 fully saturated rings. The van der Waals surface area contributed by atoms with E-state index in [9.17, 15) is 14.7 Å². The molecule has 26 heavy (non-hydrogen) atoms. The monoisotopic (exact) mass is 365 g/mol. The van der Waals surface area contributed by atoms with Gasteiger partial charge in [-0.3, -0.25) is 19.2 Å². The maximum absolute atomic E-state index is 12.3. The second kappa shape index (κ2) is 8.15. The summed E-state index contributed by atoms with van der Waals surface area (Å²) in [6.45, 7) is 5.18. The molecule has 0 aromatic carbocycles. The molecule has 0 saturated carbocycles. The van der Waals surface area contributed by atoms with E-state index in [0.29, 0.717) is 43.9 Å². The number of hydrogen-bond donors (Lipinski definition) is 2. The number of ether oxygens (including phenoxy) is 1. The predicted molar refractivity (Wildman–Crippen MR) is 97.2 cm³/mol. The maximum Gasteiger partial charge on any atom is 0.330 e. The lowest BCUT2D eigenvalue weighted by molar-refractivity contribution is -0.0208. The molecule has 0 aliphatic carbocycles. The molecular formula is C17H27N5O4. The van der Waals surface area contributed by atoms with Gasteiger partial charge < -0.3 is 14.4 Å². The fraction of sp³-hybridized carbons (Fsp3) is 0.706. The minimum Gasteiger partial charge on any atom is -0.396 e. The molecule has 3 rings (SSSR count). The zero-order chi connectivity index (χ0) is 18.7. The number of aromatic amines is 1. The number of fused-ring (bicyclic) bond motifs is 1. The SMILES string of the molecule is CCCCn1c(=O)[nH]c(=O)c2c1nc(CN1CCOCC1CCO)n2C. The van der Waals surface area contributed by atoms with Crippen molar-refractivity contribution in [1.29, 1.82) is 0 Å². The quantitative estimate of drug-likeness (QED) is 0.704. The van der Waals surface area contributed by atoms with Crippen molar-refractivity contribution >= 4 is 11.2 Å². The Kier molecular flexibility index (Phi) is 5.90. The normalized spacial score (nSPS) is 18.7. The van der Waals surface area contributed by atoms with Crippen LogP contribution in [0.4, 0.5) is 0 Å². The average molecular weight is 365 g/mol. The number of nitrogens with zero attached hydrogens (tertiary/aromatic N) is 4. The minimum atomic E-state index is -0.412. The lowest BCUT2D eigenvalue weighted by Crippen LogP contribution is -2.45. The fourth-order valence-corrected chi connectivity index (χ4v) is 3.45. The van der Waals surface area contributed by atoms with Crippen LogP contribution in [0.15, 0.2) is 9.59 Å². The van der Waals surface area contributed by atoms with Crippen LogP contribution >= 0.6 is 0 Å². The summed E-state index contributed by atoms with van der Waals surface area (Å²) in [6.07, 6.45) is 2.42. The van der Waals surface area contributed by atoms with Gasteiger partial charge in [0.05, 0.1) is 19.8 Å². The van der Waals surface area contributed by atoms with Crippen LogP contribution in [-0.2, 0) is 24.9 Å². The highest BCUT2D eigenvalue weighted by Gasteiger charge is 2.25. The second-order valence-electron chi connectivity index (χ2n) is 6.74. The number of aliphatic hydroxyl groups is 1. The molecule has 0 amide bonds. The van der Waals surface area contributed by atoms with Gasteiger partial charge in [0.2, 0.25) is 0 Å². The van der Waals surface area contributed by atoms with E-state index in [-0.39, 0.29) is 12.6 Å². The first-order valence-electron chi connectivity index (χ1n) is 9.17. The van der Waals surface area contributed by atoms with E-state index in [1.54, 1.807) is 16.2 Å². The Labute approximate surface area is 151 Å². The van der Waals surface area contributed by atoms with E-state index in [2.05, 4.69) is 21.8 Å². The van der Waals surface area contributed by atoms with Gasteiger partial charge in [0.1, 0.15) is 5.82 Å². The lowest BCUT2D eigenvalue weighted by Gasteiger charge is -2.34. The van der Waals surface area contributed by atoms with Crippen LogP contribution in [0, 0.1) is 0 Å². The highest BCUT2D eigenvalue weighted by Crippen LogP contribution is 2.17. The Hall–Kier alpha value is -1.97.